The van der Waals surface area contributed by atoms with Crippen LogP contribution in [0, 0.1) is 11.8 Å². The molecule has 0 radical (unpaired) electrons. The average Bonchev–Trinajstić information content (AvgIpc) is 3.36. The normalized spacial score (nSPS) is 10.4. The van der Waals surface area contributed by atoms with Crippen LogP contribution in [0.1, 0.15) is 31.9 Å². The van der Waals surface area contributed by atoms with Crippen LogP contribution >= 0.6 is 11.3 Å². The van der Waals surface area contributed by atoms with Gasteiger partial charge in [0, 0.05) is 56.6 Å². The molecular formula is C25H26N2O2S. The smallest absolute Gasteiger partial charge is 0.382 e. The first-order chi connectivity index (χ1) is 14.6. The molecule has 5 heteroatoms. The van der Waals surface area contributed by atoms with E-state index in [2.05, 4.69) is 65.0 Å². The second-order valence-electron chi connectivity index (χ2n) is 6.61. The lowest BCUT2D eigenvalue weighted by Crippen LogP contribution is -2.04. The second-order valence-corrected chi connectivity index (χ2v) is 7.52. The van der Waals surface area contributed by atoms with Crippen LogP contribution in [0.2, 0.25) is 0 Å². The summed E-state index contributed by atoms with van der Waals surface area (Å²) in [6.45, 7) is 7.91. The van der Waals surface area contributed by atoms with Crippen molar-refractivity contribution in [3.63, 3.8) is 0 Å². The summed E-state index contributed by atoms with van der Waals surface area (Å²) in [5, 5.41) is 16.4. The van der Waals surface area contributed by atoms with Gasteiger partial charge >= 0.3 is 5.97 Å². The molecule has 2 N–H and O–H groups in total. The molecule has 30 heavy (non-hydrogen) atoms. The monoisotopic (exact) mass is 418 g/mol. The quantitative estimate of drug-likeness (QED) is 0.417. The summed E-state index contributed by atoms with van der Waals surface area (Å²) in [5.41, 5.74) is 5.58. The first-order valence-corrected chi connectivity index (χ1v) is 11.0. The lowest BCUT2D eigenvalue weighted by molar-refractivity contribution is -0.130. The number of aliphatic carboxylic acids is 1. The van der Waals surface area contributed by atoms with Crippen LogP contribution in [-0.2, 0) is 17.9 Å². The number of rotatable bonds is 4. The van der Waals surface area contributed by atoms with Crippen molar-refractivity contribution >= 4 is 39.1 Å². The Kier molecular flexibility index (Phi) is 6.94. The molecule has 0 fully saturated rings. The first kappa shape index (κ1) is 21.6. The fourth-order valence-electron chi connectivity index (χ4n) is 3.63. The standard InChI is InChI=1S/C23H20N2O2S.C2H6/c1-3-25-20-8-4-15(13-24-2)10-19(20)18-7-6-17(12-21(18)25)22-11-16(14-28-22)5-9-23(26)27;1-2/h4,6-8,10-12,14,24H,3,13H2,1-2H3,(H,26,27);1-2H3. The molecule has 0 aliphatic rings. The fourth-order valence-corrected chi connectivity index (χ4v) is 4.47. The number of benzene rings is 2. The molecule has 0 aliphatic heterocycles. The van der Waals surface area contributed by atoms with Crippen molar-refractivity contribution in [2.45, 2.75) is 33.9 Å². The van der Waals surface area contributed by atoms with Gasteiger partial charge in [-0.2, -0.15) is 0 Å². The summed E-state index contributed by atoms with van der Waals surface area (Å²) in [7, 11) is 1.96. The Labute approximate surface area is 181 Å². The number of carbonyl (C=O) groups is 1. The van der Waals surface area contributed by atoms with Crippen LogP contribution in [-0.4, -0.2) is 22.7 Å². The maximum absolute atomic E-state index is 10.6. The molecule has 0 unspecified atom stereocenters. The number of carboxylic acids is 1. The minimum atomic E-state index is -1.11. The van der Waals surface area contributed by atoms with Crippen molar-refractivity contribution in [1.82, 2.24) is 9.88 Å². The third-order valence-corrected chi connectivity index (χ3v) is 5.80. The second kappa shape index (κ2) is 9.62. The predicted octanol–water partition coefficient (Wildman–Crippen LogP) is 5.72. The summed E-state index contributed by atoms with van der Waals surface area (Å²) in [6.07, 6.45) is 0. The molecule has 0 atom stereocenters. The maximum Gasteiger partial charge on any atom is 0.382 e. The summed E-state index contributed by atoms with van der Waals surface area (Å²) in [5.74, 6) is 3.74. The number of thiophene rings is 1. The van der Waals surface area contributed by atoms with E-state index in [4.69, 9.17) is 5.11 Å². The zero-order valence-corrected chi connectivity index (χ0v) is 18.6. The zero-order valence-electron chi connectivity index (χ0n) is 17.7. The largest absolute Gasteiger partial charge is 0.472 e. The van der Waals surface area contributed by atoms with E-state index in [1.807, 2.05) is 32.3 Å². The zero-order chi connectivity index (χ0) is 21.7. The Bertz CT molecular complexity index is 1250. The average molecular weight is 419 g/mol. The molecular weight excluding hydrogens is 392 g/mol. The highest BCUT2D eigenvalue weighted by Gasteiger charge is 2.12. The van der Waals surface area contributed by atoms with Gasteiger partial charge in [0.1, 0.15) is 0 Å². The van der Waals surface area contributed by atoms with Crippen LogP contribution in [0.5, 0.6) is 0 Å². The van der Waals surface area contributed by atoms with Gasteiger partial charge in [-0.1, -0.05) is 38.0 Å². The molecule has 0 saturated heterocycles. The minimum Gasteiger partial charge on any atom is -0.472 e. The highest BCUT2D eigenvalue weighted by Crippen LogP contribution is 2.35. The van der Waals surface area contributed by atoms with E-state index in [0.717, 1.165) is 29.1 Å². The summed E-state index contributed by atoms with van der Waals surface area (Å²) < 4.78 is 2.34. The molecule has 2 aromatic heterocycles. The number of carboxylic acid groups (broad SMARTS) is 1. The van der Waals surface area contributed by atoms with Crippen molar-refractivity contribution in [3.05, 3.63) is 59.0 Å². The van der Waals surface area contributed by atoms with E-state index in [0.29, 0.717) is 0 Å². The van der Waals surface area contributed by atoms with Crippen LogP contribution in [0.25, 0.3) is 32.2 Å². The molecule has 2 heterocycles. The van der Waals surface area contributed by atoms with Gasteiger partial charge in [0.15, 0.2) is 0 Å². The van der Waals surface area contributed by atoms with Gasteiger partial charge in [0.25, 0.3) is 0 Å². The topological polar surface area (TPSA) is 54.3 Å². The van der Waals surface area contributed by atoms with Crippen LogP contribution in [0.3, 0.4) is 0 Å². The van der Waals surface area contributed by atoms with Gasteiger partial charge in [-0.25, -0.2) is 4.79 Å². The number of aryl methyl sites for hydroxylation is 1. The van der Waals surface area contributed by atoms with Gasteiger partial charge in [0.05, 0.1) is 0 Å². The van der Waals surface area contributed by atoms with Crippen molar-refractivity contribution in [2.75, 3.05) is 7.05 Å². The molecule has 4 aromatic rings. The van der Waals surface area contributed by atoms with E-state index >= 15 is 0 Å². The van der Waals surface area contributed by atoms with Gasteiger partial charge in [-0.3, -0.25) is 0 Å². The summed E-state index contributed by atoms with van der Waals surface area (Å²) in [4.78, 5) is 11.7. The van der Waals surface area contributed by atoms with Crippen LogP contribution < -0.4 is 5.32 Å². The van der Waals surface area contributed by atoms with E-state index in [1.54, 1.807) is 11.3 Å². The van der Waals surface area contributed by atoms with Crippen molar-refractivity contribution in [1.29, 1.82) is 0 Å². The Morgan fingerprint density at radius 1 is 1.10 bits per heavy atom. The third-order valence-electron chi connectivity index (χ3n) is 4.83. The lowest BCUT2D eigenvalue weighted by Gasteiger charge is -2.05. The molecule has 0 bridgehead atoms. The Hall–Kier alpha value is -3.07. The first-order valence-electron chi connectivity index (χ1n) is 10.1. The number of fused-ring (bicyclic) bond motifs is 3. The maximum atomic E-state index is 10.6. The van der Waals surface area contributed by atoms with Crippen molar-refractivity contribution in [2.24, 2.45) is 0 Å². The van der Waals surface area contributed by atoms with Gasteiger partial charge < -0.3 is 15.0 Å². The fraction of sp³-hybridized carbons (Fsp3) is 0.240. The van der Waals surface area contributed by atoms with Gasteiger partial charge in [-0.05, 0) is 49.4 Å². The molecule has 4 nitrogen and oxygen atoms in total. The Balaban J connectivity index is 0.00000124. The molecule has 0 aliphatic carbocycles. The molecule has 0 spiro atoms. The van der Waals surface area contributed by atoms with E-state index in [1.165, 1.54) is 27.4 Å². The SMILES string of the molecule is CC.CCn1c2ccc(CNC)cc2c2ccc(-c3cc(C#CC(=O)O)cs3)cc21. The van der Waals surface area contributed by atoms with Gasteiger partial charge in [0.2, 0.25) is 0 Å². The number of hydrogen-bond donors (Lipinski definition) is 2. The van der Waals surface area contributed by atoms with Crippen LogP contribution in [0.4, 0.5) is 0 Å². The Morgan fingerprint density at radius 3 is 2.60 bits per heavy atom. The lowest BCUT2D eigenvalue weighted by atomic mass is 10.1. The van der Waals surface area contributed by atoms with E-state index in [9.17, 15) is 4.79 Å². The third kappa shape index (κ3) is 4.25. The molecule has 0 amide bonds. The molecule has 2 aromatic carbocycles. The van der Waals surface area contributed by atoms with Crippen molar-refractivity contribution < 1.29 is 9.90 Å². The number of nitrogens with one attached hydrogen (secondary N) is 1. The Morgan fingerprint density at radius 2 is 1.90 bits per heavy atom. The van der Waals surface area contributed by atoms with Gasteiger partial charge in [-0.15, -0.1) is 11.3 Å². The highest BCUT2D eigenvalue weighted by molar-refractivity contribution is 7.13. The molecule has 154 valence electrons. The highest BCUT2D eigenvalue weighted by atomic mass is 32.1. The summed E-state index contributed by atoms with van der Waals surface area (Å²) in [6, 6.07) is 15.1. The number of nitrogens with zero attached hydrogens (tertiary/aromatic N) is 1. The molecule has 4 rings (SSSR count). The predicted molar refractivity (Wildman–Crippen MR) is 127 cm³/mol. The van der Waals surface area contributed by atoms with E-state index < -0.39 is 5.97 Å². The van der Waals surface area contributed by atoms with Crippen LogP contribution in [0.15, 0.2) is 47.8 Å². The minimum absolute atomic E-state index is 0.732. The number of hydrogen-bond acceptors (Lipinski definition) is 3. The van der Waals surface area contributed by atoms with E-state index in [-0.39, 0.29) is 0 Å². The number of aromatic nitrogens is 1. The van der Waals surface area contributed by atoms with Crippen molar-refractivity contribution in [3.8, 4) is 22.3 Å². The summed E-state index contributed by atoms with van der Waals surface area (Å²) >= 11 is 1.58. The molecule has 0 saturated carbocycles.